The Balaban J connectivity index is 1.98. The van der Waals surface area contributed by atoms with Crippen LogP contribution in [0.1, 0.15) is 18.9 Å². The molecule has 0 aromatic heterocycles. The van der Waals surface area contributed by atoms with Gasteiger partial charge in [0.2, 0.25) is 6.04 Å². The summed E-state index contributed by atoms with van der Waals surface area (Å²) in [6.07, 6.45) is 4.59. The molecule has 0 fully saturated rings. The van der Waals surface area contributed by atoms with E-state index in [1.54, 1.807) is 19.1 Å². The Morgan fingerprint density at radius 3 is 2.64 bits per heavy atom. The first-order valence-electron chi connectivity index (χ1n) is 6.70. The number of amides is 1. The first kappa shape index (κ1) is 15.4. The van der Waals surface area contributed by atoms with E-state index in [1.807, 2.05) is 12.1 Å². The molecule has 114 valence electrons. The van der Waals surface area contributed by atoms with Crippen LogP contribution in [0.4, 0.5) is 5.69 Å². The third kappa shape index (κ3) is 3.78. The maximum absolute atomic E-state index is 11.9. The third-order valence-corrected chi connectivity index (χ3v) is 3.26. The van der Waals surface area contributed by atoms with Crippen LogP contribution in [0.2, 0.25) is 0 Å². The molecular weight excluding hydrogens is 284 g/mol. The van der Waals surface area contributed by atoms with Crippen molar-refractivity contribution in [1.29, 1.82) is 0 Å². The highest BCUT2D eigenvalue weighted by Crippen LogP contribution is 2.13. The Bertz CT molecular complexity index is 675. The Kier molecular flexibility index (Phi) is 4.67. The van der Waals surface area contributed by atoms with Crippen molar-refractivity contribution in [2.24, 2.45) is 5.10 Å². The zero-order valence-electron chi connectivity index (χ0n) is 12.0. The van der Waals surface area contributed by atoms with Crippen molar-refractivity contribution in [3.8, 4) is 0 Å². The fourth-order valence-electron chi connectivity index (χ4n) is 1.92. The molecule has 3 N–H and O–H groups in total. The van der Waals surface area contributed by atoms with E-state index in [4.69, 9.17) is 5.73 Å². The normalized spacial score (nSPS) is 17.8. The Hall–Kier alpha value is -2.96. The number of nitrogen functional groups attached to an aromatic ring is 1. The maximum Gasteiger partial charge on any atom is 0.271 e. The topological polar surface area (TPSA) is 111 Å². The molecule has 0 aliphatic heterocycles. The third-order valence-electron chi connectivity index (χ3n) is 3.26. The summed E-state index contributed by atoms with van der Waals surface area (Å²) in [6, 6.07) is 6.35. The second kappa shape index (κ2) is 6.66. The van der Waals surface area contributed by atoms with Crippen LogP contribution < -0.4 is 11.2 Å². The molecule has 1 aromatic carbocycles. The minimum absolute atomic E-state index is 0.201. The number of anilines is 1. The quantitative estimate of drug-likeness (QED) is 0.381. The van der Waals surface area contributed by atoms with Crippen LogP contribution in [0.3, 0.4) is 0 Å². The summed E-state index contributed by atoms with van der Waals surface area (Å²) >= 11 is 0. The molecule has 7 heteroatoms. The van der Waals surface area contributed by atoms with Gasteiger partial charge in [-0.2, -0.15) is 5.10 Å². The smallest absolute Gasteiger partial charge is 0.271 e. The van der Waals surface area contributed by atoms with E-state index in [0.29, 0.717) is 17.0 Å². The highest BCUT2D eigenvalue weighted by Gasteiger charge is 2.20. The summed E-state index contributed by atoms with van der Waals surface area (Å²) in [7, 11) is 0. The van der Waals surface area contributed by atoms with Crippen LogP contribution in [0.25, 0.3) is 0 Å². The van der Waals surface area contributed by atoms with Gasteiger partial charge in [-0.25, -0.2) is 5.43 Å². The molecule has 1 atom stereocenters. The van der Waals surface area contributed by atoms with Crippen molar-refractivity contribution in [2.45, 2.75) is 19.4 Å². The molecule has 7 nitrogen and oxygen atoms in total. The molecule has 22 heavy (non-hydrogen) atoms. The predicted octanol–water partition coefficient (Wildman–Crippen LogP) is 1.64. The van der Waals surface area contributed by atoms with Crippen LogP contribution in [0, 0.1) is 10.1 Å². The van der Waals surface area contributed by atoms with Gasteiger partial charge < -0.3 is 5.73 Å². The molecule has 0 saturated heterocycles. The van der Waals surface area contributed by atoms with E-state index in [9.17, 15) is 14.9 Å². The van der Waals surface area contributed by atoms with E-state index in [1.165, 1.54) is 18.2 Å². The lowest BCUT2D eigenvalue weighted by molar-refractivity contribution is -0.508. The zero-order chi connectivity index (χ0) is 16.1. The lowest BCUT2D eigenvalue weighted by atomic mass is 10.0. The van der Waals surface area contributed by atoms with E-state index >= 15 is 0 Å². The first-order chi connectivity index (χ1) is 10.5. The largest absolute Gasteiger partial charge is 0.399 e. The summed E-state index contributed by atoms with van der Waals surface area (Å²) in [5, 5.41) is 14.6. The number of hydrogen-bond acceptors (Lipinski definition) is 5. The minimum atomic E-state index is -0.767. The summed E-state index contributed by atoms with van der Waals surface area (Å²) < 4.78 is 0. The average Bonchev–Trinajstić information content (AvgIpc) is 2.53. The highest BCUT2D eigenvalue weighted by atomic mass is 16.6. The molecule has 1 aromatic rings. The van der Waals surface area contributed by atoms with Crippen molar-refractivity contribution in [3.63, 3.8) is 0 Å². The summed E-state index contributed by atoms with van der Waals surface area (Å²) in [4.78, 5) is 22.2. The molecule has 2 rings (SSSR count). The number of nitro groups is 1. The van der Waals surface area contributed by atoms with Gasteiger partial charge in [0, 0.05) is 22.6 Å². The second-order valence-electron chi connectivity index (χ2n) is 4.87. The number of nitrogens with two attached hydrogens (primary N) is 1. The van der Waals surface area contributed by atoms with Crippen molar-refractivity contribution in [2.75, 3.05) is 5.73 Å². The Morgan fingerprint density at radius 1 is 1.41 bits per heavy atom. The maximum atomic E-state index is 11.9. The highest BCUT2D eigenvalue weighted by molar-refractivity contribution is 6.01. The van der Waals surface area contributed by atoms with Gasteiger partial charge in [-0.05, 0) is 36.8 Å². The van der Waals surface area contributed by atoms with E-state index in [-0.39, 0.29) is 11.3 Å². The minimum Gasteiger partial charge on any atom is -0.399 e. The molecule has 1 aliphatic carbocycles. The van der Waals surface area contributed by atoms with Gasteiger partial charge in [0.05, 0.1) is 5.71 Å². The first-order valence-corrected chi connectivity index (χ1v) is 6.70. The zero-order valence-corrected chi connectivity index (χ0v) is 12.0. The summed E-state index contributed by atoms with van der Waals surface area (Å²) in [6.45, 7) is 1.76. The number of hydrazone groups is 1. The van der Waals surface area contributed by atoms with Crippen LogP contribution in [-0.2, 0) is 4.79 Å². The molecular formula is C15H16N4O3. The average molecular weight is 300 g/mol. The van der Waals surface area contributed by atoms with Gasteiger partial charge in [0.25, 0.3) is 5.91 Å². The molecule has 1 aliphatic rings. The van der Waals surface area contributed by atoms with Gasteiger partial charge >= 0.3 is 0 Å². The van der Waals surface area contributed by atoms with Crippen LogP contribution in [0.15, 0.2) is 53.2 Å². The lowest BCUT2D eigenvalue weighted by Crippen LogP contribution is -2.24. The van der Waals surface area contributed by atoms with Crippen molar-refractivity contribution >= 4 is 17.3 Å². The van der Waals surface area contributed by atoms with Gasteiger partial charge in [-0.15, -0.1) is 0 Å². The number of rotatable bonds is 4. The Labute approximate surface area is 127 Å². The van der Waals surface area contributed by atoms with Crippen LogP contribution in [-0.4, -0.2) is 22.6 Å². The van der Waals surface area contributed by atoms with Crippen LogP contribution >= 0.6 is 0 Å². The summed E-state index contributed by atoms with van der Waals surface area (Å²) in [5.74, 6) is -0.396. The fraction of sp³-hybridized carbons (Fsp3) is 0.200. The lowest BCUT2D eigenvalue weighted by Gasteiger charge is -2.09. The molecule has 0 saturated carbocycles. The molecule has 1 unspecified atom stereocenters. The molecule has 0 heterocycles. The predicted molar refractivity (Wildman–Crippen MR) is 83.8 cm³/mol. The van der Waals surface area contributed by atoms with Crippen molar-refractivity contribution in [3.05, 3.63) is 63.7 Å². The van der Waals surface area contributed by atoms with Gasteiger partial charge in [0.15, 0.2) is 0 Å². The second-order valence-corrected chi connectivity index (χ2v) is 4.87. The monoisotopic (exact) mass is 300 g/mol. The van der Waals surface area contributed by atoms with Crippen LogP contribution in [0.5, 0.6) is 0 Å². The number of hydrogen-bond donors (Lipinski definition) is 2. The van der Waals surface area contributed by atoms with Crippen molar-refractivity contribution < 1.29 is 9.72 Å². The Morgan fingerprint density at radius 2 is 2.09 bits per heavy atom. The molecule has 0 spiro atoms. The molecule has 0 radical (unpaired) electrons. The van der Waals surface area contributed by atoms with Gasteiger partial charge in [-0.3, -0.25) is 14.9 Å². The number of nitrogens with one attached hydrogen (secondary N) is 1. The number of nitrogens with zero attached hydrogens (tertiary/aromatic N) is 2. The van der Waals surface area contributed by atoms with E-state index in [2.05, 4.69) is 10.5 Å². The van der Waals surface area contributed by atoms with Crippen molar-refractivity contribution in [1.82, 2.24) is 5.43 Å². The number of carbonyl (C=O) groups excluding carboxylic acids is 1. The summed E-state index contributed by atoms with van der Waals surface area (Å²) in [5.41, 5.74) is 10.5. The number of benzene rings is 1. The molecule has 1 amide bonds. The van der Waals surface area contributed by atoms with E-state index in [0.717, 1.165) is 5.56 Å². The van der Waals surface area contributed by atoms with Gasteiger partial charge in [0.1, 0.15) is 0 Å². The van der Waals surface area contributed by atoms with Gasteiger partial charge in [-0.1, -0.05) is 18.2 Å². The molecule has 0 bridgehead atoms. The number of carbonyl (C=O) groups is 1. The SMILES string of the molecule is C/C(=N\NC(=O)C1=CCC([N+](=O)[O-])C=C1)c1ccc(N)cc1. The van der Waals surface area contributed by atoms with E-state index < -0.39 is 11.9 Å². The standard InChI is InChI=1S/C15H16N4O3/c1-10(11-2-6-13(16)7-3-11)17-18-15(20)12-4-8-14(9-5-12)19(21)22/h2-8,14H,9,16H2,1H3,(H,18,20)/b17-10+. The fourth-order valence-corrected chi connectivity index (χ4v) is 1.92.